The number of carbonyl (C=O) groups is 1. The molecule has 1 aromatic rings. The van der Waals surface area contributed by atoms with Gasteiger partial charge in [-0.25, -0.2) is 4.79 Å². The standard InChI is InChI=1S/C7H10N2O3/c1-4-5(6(10)11)12-7(8-4)9(2)3/h1-3H3,(H,10,11). The molecule has 0 amide bonds. The lowest BCUT2D eigenvalue weighted by molar-refractivity contribution is 0.0662. The Kier molecular flexibility index (Phi) is 2.03. The van der Waals surface area contributed by atoms with E-state index in [0.717, 1.165) is 0 Å². The second-order valence-electron chi connectivity index (χ2n) is 2.61. The Morgan fingerprint density at radius 2 is 2.17 bits per heavy atom. The summed E-state index contributed by atoms with van der Waals surface area (Å²) in [6, 6.07) is 0.310. The zero-order chi connectivity index (χ0) is 9.30. The first-order chi connectivity index (χ1) is 5.52. The topological polar surface area (TPSA) is 66.6 Å². The van der Waals surface area contributed by atoms with E-state index in [9.17, 15) is 4.79 Å². The van der Waals surface area contributed by atoms with Crippen molar-refractivity contribution >= 4 is 12.0 Å². The van der Waals surface area contributed by atoms with Crippen LogP contribution in [0.15, 0.2) is 4.42 Å². The summed E-state index contributed by atoms with van der Waals surface area (Å²) in [6.07, 6.45) is 0. The first kappa shape index (κ1) is 8.58. The van der Waals surface area contributed by atoms with E-state index in [0.29, 0.717) is 11.7 Å². The molecule has 1 heterocycles. The fourth-order valence-corrected chi connectivity index (χ4v) is 0.772. The van der Waals surface area contributed by atoms with Gasteiger partial charge >= 0.3 is 5.97 Å². The van der Waals surface area contributed by atoms with Gasteiger partial charge in [0.15, 0.2) is 0 Å². The number of aromatic carboxylic acids is 1. The summed E-state index contributed by atoms with van der Waals surface area (Å²) in [4.78, 5) is 16.0. The van der Waals surface area contributed by atoms with E-state index in [2.05, 4.69) is 4.98 Å². The van der Waals surface area contributed by atoms with Crippen molar-refractivity contribution in [1.82, 2.24) is 4.98 Å². The quantitative estimate of drug-likeness (QED) is 0.709. The van der Waals surface area contributed by atoms with E-state index in [1.165, 1.54) is 0 Å². The van der Waals surface area contributed by atoms with Gasteiger partial charge in [0.2, 0.25) is 5.76 Å². The molecular weight excluding hydrogens is 160 g/mol. The van der Waals surface area contributed by atoms with Crippen molar-refractivity contribution in [3.8, 4) is 0 Å². The van der Waals surface area contributed by atoms with Crippen LogP contribution in [0.5, 0.6) is 0 Å². The summed E-state index contributed by atoms with van der Waals surface area (Å²) < 4.78 is 4.95. The molecule has 0 fully saturated rings. The second-order valence-corrected chi connectivity index (χ2v) is 2.61. The average molecular weight is 170 g/mol. The minimum absolute atomic E-state index is 0.0984. The number of nitrogens with zero attached hydrogens (tertiary/aromatic N) is 2. The van der Waals surface area contributed by atoms with Crippen molar-refractivity contribution in [1.29, 1.82) is 0 Å². The molecule has 0 atom stereocenters. The van der Waals surface area contributed by atoms with Crippen LogP contribution in [-0.4, -0.2) is 30.2 Å². The fourth-order valence-electron chi connectivity index (χ4n) is 0.772. The number of rotatable bonds is 2. The molecule has 1 rings (SSSR count). The maximum absolute atomic E-state index is 10.5. The van der Waals surface area contributed by atoms with Gasteiger partial charge in [-0.3, -0.25) is 0 Å². The predicted octanol–water partition coefficient (Wildman–Crippen LogP) is 0.747. The zero-order valence-corrected chi connectivity index (χ0v) is 7.16. The number of aromatic nitrogens is 1. The molecule has 66 valence electrons. The van der Waals surface area contributed by atoms with Crippen LogP contribution in [0.4, 0.5) is 6.01 Å². The molecule has 0 saturated carbocycles. The first-order valence-electron chi connectivity index (χ1n) is 3.40. The summed E-state index contributed by atoms with van der Waals surface area (Å²) in [5.41, 5.74) is 0.395. The molecule has 0 aliphatic rings. The average Bonchev–Trinajstić information content (AvgIpc) is 2.30. The summed E-state index contributed by atoms with van der Waals surface area (Å²) in [5.74, 6) is -1.19. The van der Waals surface area contributed by atoms with E-state index in [4.69, 9.17) is 9.52 Å². The van der Waals surface area contributed by atoms with Crippen LogP contribution in [-0.2, 0) is 0 Å². The Bertz CT molecular complexity index is 304. The number of carboxylic acid groups (broad SMARTS) is 1. The molecule has 0 aliphatic heterocycles. The van der Waals surface area contributed by atoms with Crippen molar-refractivity contribution < 1.29 is 14.3 Å². The summed E-state index contributed by atoms with van der Waals surface area (Å²) in [7, 11) is 3.47. The smallest absolute Gasteiger partial charge is 0.373 e. The Balaban J connectivity index is 3.09. The molecule has 0 radical (unpaired) electrons. The Morgan fingerprint density at radius 3 is 2.42 bits per heavy atom. The molecular formula is C7H10N2O3. The van der Waals surface area contributed by atoms with E-state index in [1.54, 1.807) is 25.9 Å². The van der Waals surface area contributed by atoms with Gasteiger partial charge in [0.05, 0.1) is 5.69 Å². The third-order valence-electron chi connectivity index (χ3n) is 1.36. The highest BCUT2D eigenvalue weighted by Gasteiger charge is 2.16. The number of hydrogen-bond acceptors (Lipinski definition) is 4. The van der Waals surface area contributed by atoms with Gasteiger partial charge in [-0.15, -0.1) is 0 Å². The van der Waals surface area contributed by atoms with Crippen LogP contribution in [0.25, 0.3) is 0 Å². The van der Waals surface area contributed by atoms with Crippen LogP contribution in [0.2, 0.25) is 0 Å². The molecule has 12 heavy (non-hydrogen) atoms. The largest absolute Gasteiger partial charge is 0.475 e. The van der Waals surface area contributed by atoms with Crippen LogP contribution >= 0.6 is 0 Å². The van der Waals surface area contributed by atoms with Crippen LogP contribution in [0, 0.1) is 6.92 Å². The van der Waals surface area contributed by atoms with E-state index < -0.39 is 5.97 Å². The molecule has 0 bridgehead atoms. The maximum Gasteiger partial charge on any atom is 0.373 e. The molecule has 1 N–H and O–H groups in total. The first-order valence-corrected chi connectivity index (χ1v) is 3.40. The molecule has 0 spiro atoms. The highest BCUT2D eigenvalue weighted by molar-refractivity contribution is 5.85. The number of anilines is 1. The van der Waals surface area contributed by atoms with Crippen LogP contribution in [0.3, 0.4) is 0 Å². The van der Waals surface area contributed by atoms with Gasteiger partial charge in [0, 0.05) is 14.1 Å². The van der Waals surface area contributed by atoms with Crippen molar-refractivity contribution in [2.45, 2.75) is 6.92 Å². The van der Waals surface area contributed by atoms with Gasteiger partial charge < -0.3 is 14.4 Å². The lowest BCUT2D eigenvalue weighted by Crippen LogP contribution is -2.08. The maximum atomic E-state index is 10.5. The SMILES string of the molecule is Cc1nc(N(C)C)oc1C(=O)O. The molecule has 5 heteroatoms. The highest BCUT2D eigenvalue weighted by atomic mass is 16.4. The lowest BCUT2D eigenvalue weighted by atomic mass is 10.4. The summed E-state index contributed by atoms with van der Waals surface area (Å²) in [6.45, 7) is 1.60. The van der Waals surface area contributed by atoms with Crippen molar-refractivity contribution in [2.75, 3.05) is 19.0 Å². The second kappa shape index (κ2) is 2.84. The molecule has 0 aromatic carbocycles. The zero-order valence-electron chi connectivity index (χ0n) is 7.16. The molecule has 0 aliphatic carbocycles. The predicted molar refractivity (Wildman–Crippen MR) is 42.5 cm³/mol. The van der Waals surface area contributed by atoms with Gasteiger partial charge in [-0.2, -0.15) is 4.98 Å². The Hall–Kier alpha value is -1.52. The third-order valence-corrected chi connectivity index (χ3v) is 1.36. The minimum atomic E-state index is -1.09. The van der Waals surface area contributed by atoms with Crippen molar-refractivity contribution in [3.05, 3.63) is 11.5 Å². The summed E-state index contributed by atoms with van der Waals surface area (Å²) in [5, 5.41) is 8.61. The van der Waals surface area contributed by atoms with Gasteiger partial charge in [0.1, 0.15) is 0 Å². The molecule has 5 nitrogen and oxygen atoms in total. The van der Waals surface area contributed by atoms with Gasteiger partial charge in [-0.05, 0) is 6.92 Å². The van der Waals surface area contributed by atoms with Crippen molar-refractivity contribution in [2.24, 2.45) is 0 Å². The lowest BCUT2D eigenvalue weighted by Gasteiger charge is -2.03. The normalized spacial score (nSPS) is 9.92. The summed E-state index contributed by atoms with van der Waals surface area (Å²) >= 11 is 0. The van der Waals surface area contributed by atoms with E-state index in [1.807, 2.05) is 0 Å². The third kappa shape index (κ3) is 1.39. The number of oxazole rings is 1. The van der Waals surface area contributed by atoms with Gasteiger partial charge in [0.25, 0.3) is 6.01 Å². The monoisotopic (exact) mass is 170 g/mol. The fraction of sp³-hybridized carbons (Fsp3) is 0.429. The van der Waals surface area contributed by atoms with Crippen molar-refractivity contribution in [3.63, 3.8) is 0 Å². The Morgan fingerprint density at radius 1 is 1.58 bits per heavy atom. The van der Waals surface area contributed by atoms with Crippen LogP contribution in [0.1, 0.15) is 16.2 Å². The number of carboxylic acids is 1. The minimum Gasteiger partial charge on any atom is -0.475 e. The molecule has 0 unspecified atom stereocenters. The number of aryl methyl sites for hydroxylation is 1. The molecule has 1 aromatic heterocycles. The van der Waals surface area contributed by atoms with Gasteiger partial charge in [-0.1, -0.05) is 0 Å². The van der Waals surface area contributed by atoms with Crippen LogP contribution < -0.4 is 4.90 Å². The number of hydrogen-bond donors (Lipinski definition) is 1. The Labute approximate surface area is 69.6 Å². The highest BCUT2D eigenvalue weighted by Crippen LogP contribution is 2.15. The van der Waals surface area contributed by atoms with E-state index >= 15 is 0 Å². The van der Waals surface area contributed by atoms with E-state index in [-0.39, 0.29) is 5.76 Å². The molecule has 0 saturated heterocycles.